The highest BCUT2D eigenvalue weighted by atomic mass is 16.3. The molecule has 3 rings (SSSR count). The Kier molecular flexibility index (Phi) is 1.78. The smallest absolute Gasteiger partial charge is 0.0981 e. The lowest BCUT2D eigenvalue weighted by atomic mass is 9.99. The molecule has 1 heterocycles. The van der Waals surface area contributed by atoms with Gasteiger partial charge in [0.25, 0.3) is 0 Å². The van der Waals surface area contributed by atoms with Crippen molar-refractivity contribution < 1.29 is 4.42 Å². The lowest BCUT2D eigenvalue weighted by Crippen LogP contribution is -1.85. The molecule has 0 amide bonds. The van der Waals surface area contributed by atoms with Gasteiger partial charge in [-0.05, 0) is 36.1 Å². The van der Waals surface area contributed by atoms with Gasteiger partial charge in [0.15, 0.2) is 0 Å². The highest BCUT2D eigenvalue weighted by molar-refractivity contribution is 5.80. The Bertz CT molecular complexity index is 518. The van der Waals surface area contributed by atoms with Crippen LogP contribution in [0.1, 0.15) is 18.1 Å². The van der Waals surface area contributed by atoms with Crippen molar-refractivity contribution in [2.24, 2.45) is 0 Å². The second kappa shape index (κ2) is 3.13. The Hall–Kier alpha value is -1.76. The Morgan fingerprint density at radius 3 is 2.93 bits per heavy atom. The molecular formula is C14H12O. The largest absolute Gasteiger partial charge is 0.472 e. The highest BCUT2D eigenvalue weighted by Crippen LogP contribution is 2.33. The minimum Gasteiger partial charge on any atom is -0.472 e. The van der Waals surface area contributed by atoms with E-state index in [1.54, 1.807) is 12.5 Å². The topological polar surface area (TPSA) is 13.1 Å². The maximum atomic E-state index is 5.13. The van der Waals surface area contributed by atoms with Crippen molar-refractivity contribution in [1.29, 1.82) is 0 Å². The third kappa shape index (κ3) is 1.32. The van der Waals surface area contributed by atoms with Crippen molar-refractivity contribution in [1.82, 2.24) is 0 Å². The number of hydrogen-bond donors (Lipinski definition) is 0. The third-order valence-corrected chi connectivity index (χ3v) is 2.89. The number of benzene rings is 1. The normalized spacial score (nSPS) is 13.8. The van der Waals surface area contributed by atoms with E-state index in [-0.39, 0.29) is 0 Å². The first-order valence-electron chi connectivity index (χ1n) is 5.16. The molecule has 15 heavy (non-hydrogen) atoms. The molecule has 0 saturated carbocycles. The Balaban J connectivity index is 2.22. The third-order valence-electron chi connectivity index (χ3n) is 2.89. The molecule has 1 heteroatoms. The molecule has 1 aliphatic carbocycles. The average molecular weight is 196 g/mol. The van der Waals surface area contributed by atoms with Crippen LogP contribution in [0.2, 0.25) is 0 Å². The lowest BCUT2D eigenvalue weighted by molar-refractivity contribution is 0.568. The van der Waals surface area contributed by atoms with Crippen molar-refractivity contribution >= 4 is 6.08 Å². The summed E-state index contributed by atoms with van der Waals surface area (Å²) < 4.78 is 5.13. The van der Waals surface area contributed by atoms with Gasteiger partial charge in [0, 0.05) is 5.56 Å². The van der Waals surface area contributed by atoms with E-state index in [1.807, 2.05) is 6.07 Å². The van der Waals surface area contributed by atoms with Crippen molar-refractivity contribution in [3.05, 3.63) is 53.5 Å². The van der Waals surface area contributed by atoms with E-state index in [9.17, 15) is 0 Å². The Morgan fingerprint density at radius 2 is 2.13 bits per heavy atom. The summed E-state index contributed by atoms with van der Waals surface area (Å²) in [6.45, 7) is 2.18. The first kappa shape index (κ1) is 8.54. The van der Waals surface area contributed by atoms with Gasteiger partial charge in [-0.2, -0.15) is 0 Å². The fraction of sp³-hybridized carbons (Fsp3) is 0.143. The second-order valence-electron chi connectivity index (χ2n) is 4.06. The molecule has 0 atom stereocenters. The van der Waals surface area contributed by atoms with Crippen LogP contribution in [0.15, 0.2) is 46.8 Å². The lowest BCUT2D eigenvalue weighted by Gasteiger charge is -2.04. The van der Waals surface area contributed by atoms with Crippen LogP contribution in [0.5, 0.6) is 0 Å². The molecule has 0 aliphatic heterocycles. The summed E-state index contributed by atoms with van der Waals surface area (Å²) in [6.07, 6.45) is 6.88. The summed E-state index contributed by atoms with van der Waals surface area (Å²) in [5.41, 5.74) is 6.65. The predicted molar refractivity (Wildman–Crippen MR) is 61.5 cm³/mol. The highest BCUT2D eigenvalue weighted by Gasteiger charge is 2.14. The molecule has 0 N–H and O–H groups in total. The van der Waals surface area contributed by atoms with Crippen LogP contribution in [0, 0.1) is 0 Å². The molecule has 0 spiro atoms. The summed E-state index contributed by atoms with van der Waals surface area (Å²) in [4.78, 5) is 0. The summed E-state index contributed by atoms with van der Waals surface area (Å²) in [5.74, 6) is 0. The van der Waals surface area contributed by atoms with Crippen LogP contribution in [0.25, 0.3) is 17.2 Å². The standard InChI is InChI=1S/C14H12O/c1-10-7-11-3-2-4-13(14(11)8-10)12-5-6-15-9-12/h2-6,8-9H,7H2,1H3. The molecule has 1 aliphatic rings. The van der Waals surface area contributed by atoms with E-state index in [2.05, 4.69) is 31.2 Å². The van der Waals surface area contributed by atoms with Crippen LogP contribution >= 0.6 is 0 Å². The minimum atomic E-state index is 1.08. The van der Waals surface area contributed by atoms with Gasteiger partial charge < -0.3 is 4.42 Å². The molecule has 0 bridgehead atoms. The van der Waals surface area contributed by atoms with E-state index in [0.29, 0.717) is 0 Å². The fourth-order valence-corrected chi connectivity index (χ4v) is 2.20. The van der Waals surface area contributed by atoms with Crippen LogP contribution in [-0.4, -0.2) is 0 Å². The molecule has 0 radical (unpaired) electrons. The number of allylic oxidation sites excluding steroid dienone is 1. The average Bonchev–Trinajstić information content (AvgIpc) is 2.82. The van der Waals surface area contributed by atoms with E-state index < -0.39 is 0 Å². The van der Waals surface area contributed by atoms with Gasteiger partial charge in [-0.1, -0.05) is 29.8 Å². The van der Waals surface area contributed by atoms with Crippen molar-refractivity contribution in [2.45, 2.75) is 13.3 Å². The van der Waals surface area contributed by atoms with Gasteiger partial charge in [0.05, 0.1) is 12.5 Å². The van der Waals surface area contributed by atoms with Gasteiger partial charge in [-0.3, -0.25) is 0 Å². The molecule has 1 aromatic heterocycles. The zero-order valence-electron chi connectivity index (χ0n) is 8.66. The van der Waals surface area contributed by atoms with Crippen LogP contribution in [-0.2, 0) is 6.42 Å². The van der Waals surface area contributed by atoms with Crippen molar-refractivity contribution in [3.8, 4) is 11.1 Å². The summed E-state index contributed by atoms with van der Waals surface area (Å²) in [5, 5.41) is 0. The van der Waals surface area contributed by atoms with Gasteiger partial charge in [0.2, 0.25) is 0 Å². The molecule has 0 unspecified atom stereocenters. The molecule has 1 nitrogen and oxygen atoms in total. The van der Waals surface area contributed by atoms with Crippen LogP contribution < -0.4 is 0 Å². The summed E-state index contributed by atoms with van der Waals surface area (Å²) >= 11 is 0. The van der Waals surface area contributed by atoms with Crippen molar-refractivity contribution in [3.63, 3.8) is 0 Å². The zero-order valence-corrected chi connectivity index (χ0v) is 8.66. The molecule has 74 valence electrons. The number of furan rings is 1. The summed E-state index contributed by atoms with van der Waals surface area (Å²) in [7, 11) is 0. The van der Waals surface area contributed by atoms with E-state index in [0.717, 1.165) is 12.0 Å². The van der Waals surface area contributed by atoms with Gasteiger partial charge >= 0.3 is 0 Å². The zero-order chi connectivity index (χ0) is 10.3. The SMILES string of the molecule is CC1=Cc2c(cccc2-c2ccoc2)C1. The van der Waals surface area contributed by atoms with Gasteiger partial charge in [0.1, 0.15) is 0 Å². The van der Waals surface area contributed by atoms with Crippen molar-refractivity contribution in [2.75, 3.05) is 0 Å². The van der Waals surface area contributed by atoms with E-state index in [4.69, 9.17) is 4.42 Å². The molecule has 2 aromatic rings. The van der Waals surface area contributed by atoms with Gasteiger partial charge in [-0.15, -0.1) is 0 Å². The van der Waals surface area contributed by atoms with E-state index >= 15 is 0 Å². The molecule has 1 aromatic carbocycles. The summed E-state index contributed by atoms with van der Waals surface area (Å²) in [6, 6.07) is 8.48. The second-order valence-corrected chi connectivity index (χ2v) is 4.06. The van der Waals surface area contributed by atoms with Crippen LogP contribution in [0.4, 0.5) is 0 Å². The number of fused-ring (bicyclic) bond motifs is 1. The maximum absolute atomic E-state index is 5.13. The first-order chi connectivity index (χ1) is 7.34. The fourth-order valence-electron chi connectivity index (χ4n) is 2.20. The minimum absolute atomic E-state index is 1.08. The monoisotopic (exact) mass is 196 g/mol. The Labute approximate surface area is 89.0 Å². The van der Waals surface area contributed by atoms with E-state index in [1.165, 1.54) is 22.3 Å². The van der Waals surface area contributed by atoms with Gasteiger partial charge in [-0.25, -0.2) is 0 Å². The quantitative estimate of drug-likeness (QED) is 0.674. The molecule has 0 fully saturated rings. The number of rotatable bonds is 1. The molecule has 0 saturated heterocycles. The predicted octanol–water partition coefficient (Wildman–Crippen LogP) is 3.91. The first-order valence-corrected chi connectivity index (χ1v) is 5.16. The Morgan fingerprint density at radius 1 is 1.20 bits per heavy atom. The van der Waals surface area contributed by atoms with Crippen LogP contribution in [0.3, 0.4) is 0 Å². The molecular weight excluding hydrogens is 184 g/mol. The number of hydrogen-bond acceptors (Lipinski definition) is 1. The maximum Gasteiger partial charge on any atom is 0.0981 e.